The van der Waals surface area contributed by atoms with Gasteiger partial charge in [0.15, 0.2) is 0 Å². The van der Waals surface area contributed by atoms with Crippen molar-refractivity contribution in [3.8, 4) is 0 Å². The SMILES string of the molecule is Fc1cc(CN2CCOCC2)ccc1CCl. The number of nitrogens with zero attached hydrogens (tertiary/aromatic N) is 1. The van der Waals surface area contributed by atoms with E-state index in [1.807, 2.05) is 6.07 Å². The van der Waals surface area contributed by atoms with E-state index in [4.69, 9.17) is 16.3 Å². The summed E-state index contributed by atoms with van der Waals surface area (Å²) in [6.07, 6.45) is 0. The van der Waals surface area contributed by atoms with Crippen LogP contribution in [0.4, 0.5) is 4.39 Å². The van der Waals surface area contributed by atoms with Crippen molar-refractivity contribution < 1.29 is 9.13 Å². The van der Waals surface area contributed by atoms with Crippen LogP contribution in [-0.4, -0.2) is 31.2 Å². The molecule has 0 aromatic heterocycles. The quantitative estimate of drug-likeness (QED) is 0.756. The molecule has 0 radical (unpaired) electrons. The van der Waals surface area contributed by atoms with Crippen molar-refractivity contribution in [2.45, 2.75) is 12.4 Å². The van der Waals surface area contributed by atoms with Crippen LogP contribution in [0.1, 0.15) is 11.1 Å². The van der Waals surface area contributed by atoms with Crippen LogP contribution >= 0.6 is 11.6 Å². The molecule has 1 aliphatic heterocycles. The van der Waals surface area contributed by atoms with E-state index in [0.717, 1.165) is 38.4 Å². The number of alkyl halides is 1. The van der Waals surface area contributed by atoms with Crippen molar-refractivity contribution in [1.29, 1.82) is 0 Å². The Kier molecular flexibility index (Phi) is 4.16. The van der Waals surface area contributed by atoms with E-state index < -0.39 is 0 Å². The average molecular weight is 244 g/mol. The summed E-state index contributed by atoms with van der Waals surface area (Å²) in [6.45, 7) is 4.14. The number of rotatable bonds is 3. The number of hydrogen-bond acceptors (Lipinski definition) is 2. The fourth-order valence-corrected chi connectivity index (χ4v) is 2.03. The van der Waals surface area contributed by atoms with Crippen molar-refractivity contribution in [3.05, 3.63) is 35.1 Å². The van der Waals surface area contributed by atoms with E-state index in [1.54, 1.807) is 12.1 Å². The predicted octanol–water partition coefficient (Wildman–Crippen LogP) is 2.40. The first kappa shape index (κ1) is 11.8. The number of hydrogen-bond donors (Lipinski definition) is 0. The zero-order chi connectivity index (χ0) is 11.4. The lowest BCUT2D eigenvalue weighted by Gasteiger charge is -2.26. The molecule has 0 unspecified atom stereocenters. The van der Waals surface area contributed by atoms with Gasteiger partial charge in [-0.2, -0.15) is 0 Å². The largest absolute Gasteiger partial charge is 0.379 e. The van der Waals surface area contributed by atoms with Crippen molar-refractivity contribution in [3.63, 3.8) is 0 Å². The average Bonchev–Trinajstić information content (AvgIpc) is 2.31. The predicted molar refractivity (Wildman–Crippen MR) is 62.1 cm³/mol. The van der Waals surface area contributed by atoms with Crippen LogP contribution in [0.3, 0.4) is 0 Å². The van der Waals surface area contributed by atoms with Gasteiger partial charge in [0, 0.05) is 25.2 Å². The van der Waals surface area contributed by atoms with E-state index >= 15 is 0 Å². The highest BCUT2D eigenvalue weighted by molar-refractivity contribution is 6.17. The second-order valence-electron chi connectivity index (χ2n) is 3.95. The third-order valence-corrected chi connectivity index (χ3v) is 3.06. The third-order valence-electron chi connectivity index (χ3n) is 2.77. The molecule has 2 nitrogen and oxygen atoms in total. The molecule has 0 aliphatic carbocycles. The molecule has 1 fully saturated rings. The lowest BCUT2D eigenvalue weighted by Crippen LogP contribution is -2.35. The molecule has 1 aromatic rings. The van der Waals surface area contributed by atoms with Gasteiger partial charge in [0.2, 0.25) is 0 Å². The smallest absolute Gasteiger partial charge is 0.127 e. The Bertz CT molecular complexity index is 353. The van der Waals surface area contributed by atoms with Crippen LogP contribution in [0.5, 0.6) is 0 Å². The molecule has 1 aromatic carbocycles. The Morgan fingerprint density at radius 3 is 2.69 bits per heavy atom. The third kappa shape index (κ3) is 2.94. The minimum absolute atomic E-state index is 0.208. The normalized spacial score (nSPS) is 17.6. The molecule has 0 spiro atoms. The Morgan fingerprint density at radius 1 is 1.31 bits per heavy atom. The minimum Gasteiger partial charge on any atom is -0.379 e. The van der Waals surface area contributed by atoms with Gasteiger partial charge in [0.1, 0.15) is 5.82 Å². The molecule has 1 saturated heterocycles. The zero-order valence-electron chi connectivity index (χ0n) is 9.09. The molecule has 1 aliphatic rings. The van der Waals surface area contributed by atoms with E-state index in [2.05, 4.69) is 4.90 Å². The molecule has 0 amide bonds. The molecule has 0 N–H and O–H groups in total. The van der Waals surface area contributed by atoms with Gasteiger partial charge in [-0.1, -0.05) is 12.1 Å². The Morgan fingerprint density at radius 2 is 2.06 bits per heavy atom. The summed E-state index contributed by atoms with van der Waals surface area (Å²) < 4.78 is 18.7. The van der Waals surface area contributed by atoms with Gasteiger partial charge in [-0.25, -0.2) is 4.39 Å². The molecule has 0 bridgehead atoms. The monoisotopic (exact) mass is 243 g/mol. The molecule has 2 rings (SSSR count). The van der Waals surface area contributed by atoms with Gasteiger partial charge in [-0.3, -0.25) is 4.90 Å². The van der Waals surface area contributed by atoms with Crippen LogP contribution in [-0.2, 0) is 17.2 Å². The maximum Gasteiger partial charge on any atom is 0.127 e. The summed E-state index contributed by atoms with van der Waals surface area (Å²) in [5, 5.41) is 0. The van der Waals surface area contributed by atoms with Crippen molar-refractivity contribution in [2.24, 2.45) is 0 Å². The summed E-state index contributed by atoms with van der Waals surface area (Å²) in [4.78, 5) is 2.26. The van der Waals surface area contributed by atoms with Crippen LogP contribution in [0.15, 0.2) is 18.2 Å². The van der Waals surface area contributed by atoms with E-state index in [0.29, 0.717) is 5.56 Å². The zero-order valence-corrected chi connectivity index (χ0v) is 9.84. The van der Waals surface area contributed by atoms with Gasteiger partial charge < -0.3 is 4.74 Å². The van der Waals surface area contributed by atoms with Crippen molar-refractivity contribution >= 4 is 11.6 Å². The van der Waals surface area contributed by atoms with Crippen LogP contribution in [0.25, 0.3) is 0 Å². The molecular weight excluding hydrogens is 229 g/mol. The summed E-state index contributed by atoms with van der Waals surface area (Å²) in [6, 6.07) is 5.28. The highest BCUT2D eigenvalue weighted by atomic mass is 35.5. The maximum absolute atomic E-state index is 13.5. The van der Waals surface area contributed by atoms with Crippen LogP contribution < -0.4 is 0 Å². The topological polar surface area (TPSA) is 12.5 Å². The fraction of sp³-hybridized carbons (Fsp3) is 0.500. The first-order chi connectivity index (χ1) is 7.79. The molecule has 0 atom stereocenters. The molecule has 16 heavy (non-hydrogen) atoms. The van der Waals surface area contributed by atoms with E-state index in [1.165, 1.54) is 0 Å². The van der Waals surface area contributed by atoms with Gasteiger partial charge in [-0.05, 0) is 11.6 Å². The summed E-state index contributed by atoms with van der Waals surface area (Å²) >= 11 is 5.61. The molecular formula is C12H15ClFNO. The maximum atomic E-state index is 13.5. The summed E-state index contributed by atoms with van der Waals surface area (Å²) in [7, 11) is 0. The van der Waals surface area contributed by atoms with Gasteiger partial charge in [0.25, 0.3) is 0 Å². The standard InChI is InChI=1S/C12H15ClFNO/c13-8-11-2-1-10(7-12(11)14)9-15-3-5-16-6-4-15/h1-2,7H,3-6,8-9H2. The first-order valence-electron chi connectivity index (χ1n) is 5.43. The second-order valence-corrected chi connectivity index (χ2v) is 4.22. The Balaban J connectivity index is 2.01. The summed E-state index contributed by atoms with van der Waals surface area (Å²) in [5.74, 6) is 0.0182. The lowest BCUT2D eigenvalue weighted by atomic mass is 10.1. The van der Waals surface area contributed by atoms with Crippen molar-refractivity contribution in [1.82, 2.24) is 4.90 Å². The summed E-state index contributed by atoms with van der Waals surface area (Å²) in [5.41, 5.74) is 1.56. The van der Waals surface area contributed by atoms with Crippen LogP contribution in [0.2, 0.25) is 0 Å². The number of benzene rings is 1. The lowest BCUT2D eigenvalue weighted by molar-refractivity contribution is 0.0341. The van der Waals surface area contributed by atoms with Crippen molar-refractivity contribution in [2.75, 3.05) is 26.3 Å². The highest BCUT2D eigenvalue weighted by Gasteiger charge is 2.11. The number of ether oxygens (including phenoxy) is 1. The van der Waals surface area contributed by atoms with Gasteiger partial charge in [0.05, 0.1) is 19.1 Å². The highest BCUT2D eigenvalue weighted by Crippen LogP contribution is 2.14. The van der Waals surface area contributed by atoms with Gasteiger partial charge >= 0.3 is 0 Å². The minimum atomic E-state index is -0.208. The molecule has 4 heteroatoms. The fourth-order valence-electron chi connectivity index (χ4n) is 1.82. The van der Waals surface area contributed by atoms with E-state index in [-0.39, 0.29) is 11.7 Å². The number of morpholine rings is 1. The molecule has 1 heterocycles. The van der Waals surface area contributed by atoms with Crippen LogP contribution in [0, 0.1) is 5.82 Å². The molecule has 88 valence electrons. The molecule has 0 saturated carbocycles. The Labute approximate surface area is 100.0 Å². The second kappa shape index (κ2) is 5.62. The van der Waals surface area contributed by atoms with E-state index in [9.17, 15) is 4.39 Å². The Hall–Kier alpha value is -0.640. The van der Waals surface area contributed by atoms with Gasteiger partial charge in [-0.15, -0.1) is 11.6 Å². The number of halogens is 2. The first-order valence-corrected chi connectivity index (χ1v) is 5.96.